The van der Waals surface area contributed by atoms with Gasteiger partial charge in [0.15, 0.2) is 5.96 Å². The number of nitrogens with zero attached hydrogens (tertiary/aromatic N) is 1. The second-order valence-electron chi connectivity index (χ2n) is 7.07. The largest absolute Gasteiger partial charge is 0.496 e. The number of benzene rings is 1. The van der Waals surface area contributed by atoms with E-state index in [9.17, 15) is 0 Å². The monoisotopic (exact) mass is 335 g/mol. The van der Waals surface area contributed by atoms with Gasteiger partial charge in [0, 0.05) is 33.2 Å². The zero-order valence-corrected chi connectivity index (χ0v) is 16.1. The van der Waals surface area contributed by atoms with E-state index in [4.69, 9.17) is 9.47 Å². The predicted octanol–water partition coefficient (Wildman–Crippen LogP) is 3.02. The van der Waals surface area contributed by atoms with E-state index < -0.39 is 0 Å². The Kier molecular flexibility index (Phi) is 8.05. The summed E-state index contributed by atoms with van der Waals surface area (Å²) in [5.41, 5.74) is 1.26. The lowest BCUT2D eigenvalue weighted by atomic mass is 9.89. The number of rotatable bonds is 7. The lowest BCUT2D eigenvalue weighted by Crippen LogP contribution is -2.46. The number of hydrogen-bond acceptors (Lipinski definition) is 3. The van der Waals surface area contributed by atoms with E-state index in [1.54, 1.807) is 21.3 Å². The van der Waals surface area contributed by atoms with Crippen LogP contribution in [0.4, 0.5) is 0 Å². The molecule has 1 aromatic carbocycles. The third-order valence-corrected chi connectivity index (χ3v) is 4.17. The summed E-state index contributed by atoms with van der Waals surface area (Å²) in [6, 6.07) is 8.11. The Hall–Kier alpha value is -1.75. The van der Waals surface area contributed by atoms with Crippen molar-refractivity contribution in [1.82, 2.24) is 10.6 Å². The fourth-order valence-electron chi connectivity index (χ4n) is 2.59. The van der Waals surface area contributed by atoms with Crippen LogP contribution in [0.3, 0.4) is 0 Å². The molecule has 0 spiro atoms. The normalized spacial score (nSPS) is 14.9. The van der Waals surface area contributed by atoms with Crippen LogP contribution in [0.2, 0.25) is 0 Å². The average molecular weight is 335 g/mol. The summed E-state index contributed by atoms with van der Waals surface area (Å²) >= 11 is 0. The second kappa shape index (κ2) is 9.52. The number of nitrogens with one attached hydrogen (secondary N) is 2. The lowest BCUT2D eigenvalue weighted by Gasteiger charge is -2.30. The molecule has 5 nitrogen and oxygen atoms in total. The first kappa shape index (κ1) is 20.3. The summed E-state index contributed by atoms with van der Waals surface area (Å²) in [5, 5.41) is 6.72. The van der Waals surface area contributed by atoms with Crippen molar-refractivity contribution in [3.8, 4) is 5.75 Å². The number of methoxy groups -OCH3 is 2. The van der Waals surface area contributed by atoms with Crippen molar-refractivity contribution in [2.45, 2.75) is 39.7 Å². The van der Waals surface area contributed by atoms with Crippen LogP contribution >= 0.6 is 0 Å². The van der Waals surface area contributed by atoms with Gasteiger partial charge >= 0.3 is 0 Å². The minimum absolute atomic E-state index is 0.0747. The van der Waals surface area contributed by atoms with E-state index in [1.165, 1.54) is 5.56 Å². The Morgan fingerprint density at radius 3 is 2.29 bits per heavy atom. The summed E-state index contributed by atoms with van der Waals surface area (Å²) in [4.78, 5) is 4.29. The Bertz CT molecular complexity index is 524. The van der Waals surface area contributed by atoms with E-state index in [1.807, 2.05) is 18.2 Å². The molecule has 1 aromatic rings. The topological polar surface area (TPSA) is 54.9 Å². The van der Waals surface area contributed by atoms with Gasteiger partial charge in [-0.25, -0.2) is 0 Å². The summed E-state index contributed by atoms with van der Waals surface area (Å²) in [6.07, 6.45) is 0.114. The van der Waals surface area contributed by atoms with Crippen molar-refractivity contribution < 1.29 is 9.47 Å². The van der Waals surface area contributed by atoms with Crippen LogP contribution < -0.4 is 15.4 Å². The van der Waals surface area contributed by atoms with Gasteiger partial charge in [0.05, 0.1) is 13.2 Å². The smallest absolute Gasteiger partial charge is 0.191 e. The molecule has 5 heteroatoms. The number of aliphatic imine (C=N–C) groups is 1. The molecule has 0 bridgehead atoms. The summed E-state index contributed by atoms with van der Waals surface area (Å²) in [6.45, 7) is 10.2. The van der Waals surface area contributed by atoms with Crippen LogP contribution in [-0.2, 0) is 4.74 Å². The van der Waals surface area contributed by atoms with Gasteiger partial charge in [-0.15, -0.1) is 0 Å². The molecule has 136 valence electrons. The van der Waals surface area contributed by atoms with E-state index in [-0.39, 0.29) is 11.5 Å². The standard InChI is InChI=1S/C19H33N3O2/c1-14(15-10-8-9-11-16(15)23-6)12-21-18(20-5)22-13-17(24-7)19(2,3)4/h8-11,14,17H,12-13H2,1-7H3,(H2,20,21,22). The molecule has 0 saturated heterocycles. The Labute approximate surface area is 146 Å². The van der Waals surface area contributed by atoms with Gasteiger partial charge < -0.3 is 20.1 Å². The quantitative estimate of drug-likeness (QED) is 0.594. The Morgan fingerprint density at radius 2 is 1.75 bits per heavy atom. The molecule has 24 heavy (non-hydrogen) atoms. The van der Waals surface area contributed by atoms with Gasteiger partial charge in [0.25, 0.3) is 0 Å². The highest BCUT2D eigenvalue weighted by atomic mass is 16.5. The third-order valence-electron chi connectivity index (χ3n) is 4.17. The molecule has 0 aliphatic carbocycles. The Morgan fingerprint density at radius 1 is 1.12 bits per heavy atom. The molecule has 0 heterocycles. The first-order chi connectivity index (χ1) is 11.3. The minimum Gasteiger partial charge on any atom is -0.496 e. The highest BCUT2D eigenvalue weighted by Crippen LogP contribution is 2.25. The first-order valence-electron chi connectivity index (χ1n) is 8.43. The second-order valence-corrected chi connectivity index (χ2v) is 7.07. The number of ether oxygens (including phenoxy) is 2. The average Bonchev–Trinajstić information content (AvgIpc) is 2.56. The molecule has 2 atom stereocenters. The molecule has 0 aliphatic heterocycles. The summed E-state index contributed by atoms with van der Waals surface area (Å²) in [5.74, 6) is 2.01. The van der Waals surface area contributed by atoms with Crippen molar-refractivity contribution >= 4 is 5.96 Å². The zero-order chi connectivity index (χ0) is 18.2. The van der Waals surface area contributed by atoms with Crippen LogP contribution in [0, 0.1) is 5.41 Å². The fourth-order valence-corrected chi connectivity index (χ4v) is 2.59. The van der Waals surface area contributed by atoms with Gasteiger partial charge in [0.1, 0.15) is 5.75 Å². The molecule has 0 aliphatic rings. The molecule has 1 rings (SSSR count). The van der Waals surface area contributed by atoms with E-state index in [2.05, 4.69) is 49.4 Å². The summed E-state index contributed by atoms with van der Waals surface area (Å²) in [7, 11) is 5.23. The highest BCUT2D eigenvalue weighted by Gasteiger charge is 2.24. The Balaban J connectivity index is 2.58. The fraction of sp³-hybridized carbons (Fsp3) is 0.632. The molecule has 2 unspecified atom stereocenters. The van der Waals surface area contributed by atoms with Crippen LogP contribution in [0.15, 0.2) is 29.3 Å². The van der Waals surface area contributed by atoms with Gasteiger partial charge in [-0.2, -0.15) is 0 Å². The maximum Gasteiger partial charge on any atom is 0.191 e. The van der Waals surface area contributed by atoms with Crippen molar-refractivity contribution in [2.24, 2.45) is 10.4 Å². The van der Waals surface area contributed by atoms with Gasteiger partial charge in [-0.3, -0.25) is 4.99 Å². The van der Waals surface area contributed by atoms with Crippen molar-refractivity contribution in [3.05, 3.63) is 29.8 Å². The molecular formula is C19H33N3O2. The number of guanidine groups is 1. The van der Waals surface area contributed by atoms with Gasteiger partial charge in [-0.1, -0.05) is 45.9 Å². The predicted molar refractivity (Wildman–Crippen MR) is 101 cm³/mol. The van der Waals surface area contributed by atoms with Crippen molar-refractivity contribution in [3.63, 3.8) is 0 Å². The van der Waals surface area contributed by atoms with Gasteiger partial charge in [-0.05, 0) is 17.0 Å². The zero-order valence-electron chi connectivity index (χ0n) is 16.1. The van der Waals surface area contributed by atoms with Crippen molar-refractivity contribution in [1.29, 1.82) is 0 Å². The molecule has 0 fully saturated rings. The SMILES string of the molecule is CN=C(NCC(C)c1ccccc1OC)NCC(OC)C(C)(C)C. The maximum atomic E-state index is 5.57. The van der Waals surface area contributed by atoms with Crippen LogP contribution in [0.1, 0.15) is 39.2 Å². The molecule has 0 radical (unpaired) electrons. The molecule has 0 aromatic heterocycles. The highest BCUT2D eigenvalue weighted by molar-refractivity contribution is 5.79. The summed E-state index contributed by atoms with van der Waals surface area (Å²) < 4.78 is 11.0. The van der Waals surface area contributed by atoms with Crippen LogP contribution in [0.5, 0.6) is 5.75 Å². The van der Waals surface area contributed by atoms with Crippen LogP contribution in [0.25, 0.3) is 0 Å². The molecule has 0 saturated carbocycles. The number of hydrogen-bond donors (Lipinski definition) is 2. The van der Waals surface area contributed by atoms with E-state index in [0.717, 1.165) is 18.3 Å². The van der Waals surface area contributed by atoms with Crippen LogP contribution in [-0.4, -0.2) is 46.4 Å². The first-order valence-corrected chi connectivity index (χ1v) is 8.43. The minimum atomic E-state index is 0.0747. The lowest BCUT2D eigenvalue weighted by molar-refractivity contribution is 0.0205. The number of para-hydroxylation sites is 1. The van der Waals surface area contributed by atoms with Crippen molar-refractivity contribution in [2.75, 3.05) is 34.4 Å². The molecule has 2 N–H and O–H groups in total. The maximum absolute atomic E-state index is 5.57. The van der Waals surface area contributed by atoms with Gasteiger partial charge in [0.2, 0.25) is 0 Å². The molecular weight excluding hydrogens is 302 g/mol. The third kappa shape index (κ3) is 6.04. The van der Waals surface area contributed by atoms with E-state index in [0.29, 0.717) is 12.5 Å². The molecule has 0 amide bonds. The van der Waals surface area contributed by atoms with E-state index >= 15 is 0 Å².